The third kappa shape index (κ3) is 5.06. The van der Waals surface area contributed by atoms with Gasteiger partial charge in [-0.1, -0.05) is 30.3 Å². The van der Waals surface area contributed by atoms with E-state index in [9.17, 15) is 0 Å². The third-order valence-electron chi connectivity index (χ3n) is 3.23. The molecule has 0 heterocycles. The van der Waals surface area contributed by atoms with E-state index in [4.69, 9.17) is 4.99 Å². The highest BCUT2D eigenvalue weighted by Gasteiger charge is 2.17. The molecule has 0 spiro atoms. The molecule has 0 saturated heterocycles. The van der Waals surface area contributed by atoms with Gasteiger partial charge in [0, 0.05) is 25.0 Å². The van der Waals surface area contributed by atoms with Gasteiger partial charge < -0.3 is 4.90 Å². The summed E-state index contributed by atoms with van der Waals surface area (Å²) in [6.45, 7) is 11.9. The number of hydrogen-bond donors (Lipinski definition) is 0. The second-order valence-corrected chi connectivity index (χ2v) is 5.47. The second-order valence-electron chi connectivity index (χ2n) is 5.47. The van der Waals surface area contributed by atoms with E-state index in [1.807, 2.05) is 0 Å². The highest BCUT2D eigenvalue weighted by atomic mass is 15.2. The van der Waals surface area contributed by atoms with Gasteiger partial charge in [0.1, 0.15) is 0 Å². The first-order valence-corrected chi connectivity index (χ1v) is 7.41. The lowest BCUT2D eigenvalue weighted by atomic mass is 10.1. The topological polar surface area (TPSA) is 15.6 Å². The molecule has 0 aliphatic heterocycles. The SMILES string of the molecule is CCN=C(CCc1ccccc1)N(C(C)C)C(C)C. The maximum absolute atomic E-state index is 4.72. The molecule has 0 aliphatic carbocycles. The average Bonchev–Trinajstić information content (AvgIpc) is 2.36. The smallest absolute Gasteiger partial charge is 0.0996 e. The predicted octanol–water partition coefficient (Wildman–Crippen LogP) is 4.16. The summed E-state index contributed by atoms with van der Waals surface area (Å²) < 4.78 is 0. The first-order chi connectivity index (χ1) is 9.06. The molecule has 19 heavy (non-hydrogen) atoms. The number of aliphatic imine (C=N–C) groups is 1. The van der Waals surface area contributed by atoms with Gasteiger partial charge in [0.25, 0.3) is 0 Å². The first kappa shape index (κ1) is 15.7. The van der Waals surface area contributed by atoms with Gasteiger partial charge in [-0.25, -0.2) is 0 Å². The van der Waals surface area contributed by atoms with Gasteiger partial charge in [-0.05, 0) is 46.6 Å². The van der Waals surface area contributed by atoms with Gasteiger partial charge in [-0.15, -0.1) is 0 Å². The summed E-state index contributed by atoms with van der Waals surface area (Å²) in [6.07, 6.45) is 2.09. The zero-order chi connectivity index (χ0) is 14.3. The van der Waals surface area contributed by atoms with Gasteiger partial charge in [0.2, 0.25) is 0 Å². The highest BCUT2D eigenvalue weighted by molar-refractivity contribution is 5.83. The number of aryl methyl sites for hydroxylation is 1. The van der Waals surface area contributed by atoms with E-state index in [1.54, 1.807) is 0 Å². The number of nitrogens with zero attached hydrogens (tertiary/aromatic N) is 2. The standard InChI is InChI=1S/C17H28N2/c1-6-18-17(19(14(2)3)15(4)5)13-12-16-10-8-7-9-11-16/h7-11,14-15H,6,12-13H2,1-5H3. The number of rotatable bonds is 6. The van der Waals surface area contributed by atoms with Gasteiger partial charge >= 0.3 is 0 Å². The van der Waals surface area contributed by atoms with Crippen LogP contribution in [0.15, 0.2) is 35.3 Å². The maximum Gasteiger partial charge on any atom is 0.0996 e. The van der Waals surface area contributed by atoms with Crippen LogP contribution in [0.3, 0.4) is 0 Å². The second kappa shape index (κ2) is 7.98. The zero-order valence-electron chi connectivity index (χ0n) is 13.1. The molecule has 0 saturated carbocycles. The molecule has 0 aliphatic rings. The fraction of sp³-hybridized carbons (Fsp3) is 0.588. The van der Waals surface area contributed by atoms with Crippen LogP contribution in [0.4, 0.5) is 0 Å². The Bertz CT molecular complexity index is 372. The Morgan fingerprint density at radius 1 is 1.05 bits per heavy atom. The molecule has 1 aromatic rings. The van der Waals surface area contributed by atoms with Gasteiger partial charge in [0.15, 0.2) is 0 Å². The van der Waals surface area contributed by atoms with Crippen LogP contribution in [0.2, 0.25) is 0 Å². The zero-order valence-corrected chi connectivity index (χ0v) is 13.1. The molecule has 0 bridgehead atoms. The van der Waals surface area contributed by atoms with Gasteiger partial charge in [-0.2, -0.15) is 0 Å². The minimum absolute atomic E-state index is 0.501. The van der Waals surface area contributed by atoms with Crippen LogP contribution in [0.5, 0.6) is 0 Å². The van der Waals surface area contributed by atoms with Crippen LogP contribution in [-0.2, 0) is 6.42 Å². The van der Waals surface area contributed by atoms with Gasteiger partial charge in [0.05, 0.1) is 5.84 Å². The van der Waals surface area contributed by atoms with Crippen LogP contribution < -0.4 is 0 Å². The maximum atomic E-state index is 4.72. The van der Waals surface area contributed by atoms with Crippen molar-refractivity contribution in [3.05, 3.63) is 35.9 Å². The molecule has 0 N–H and O–H groups in total. The van der Waals surface area contributed by atoms with Crippen LogP contribution in [-0.4, -0.2) is 29.4 Å². The van der Waals surface area contributed by atoms with Crippen molar-refractivity contribution < 1.29 is 0 Å². The molecule has 2 nitrogen and oxygen atoms in total. The lowest BCUT2D eigenvalue weighted by Crippen LogP contribution is -2.42. The Kier molecular flexibility index (Phi) is 6.61. The third-order valence-corrected chi connectivity index (χ3v) is 3.23. The van der Waals surface area contributed by atoms with E-state index >= 15 is 0 Å². The van der Waals surface area contributed by atoms with E-state index in [2.05, 4.69) is 69.9 Å². The molecular weight excluding hydrogens is 232 g/mol. The van der Waals surface area contributed by atoms with E-state index < -0.39 is 0 Å². The van der Waals surface area contributed by atoms with Gasteiger partial charge in [-0.3, -0.25) is 4.99 Å². The first-order valence-electron chi connectivity index (χ1n) is 7.41. The Morgan fingerprint density at radius 3 is 2.11 bits per heavy atom. The minimum atomic E-state index is 0.501. The lowest BCUT2D eigenvalue weighted by molar-refractivity contribution is 0.285. The molecule has 0 unspecified atom stereocenters. The number of benzene rings is 1. The summed E-state index contributed by atoms with van der Waals surface area (Å²) >= 11 is 0. The normalized spacial score (nSPS) is 12.3. The molecule has 0 radical (unpaired) electrons. The highest BCUT2D eigenvalue weighted by Crippen LogP contribution is 2.12. The van der Waals surface area contributed by atoms with Crippen LogP contribution in [0.25, 0.3) is 0 Å². The minimum Gasteiger partial charge on any atom is -0.356 e. The molecule has 0 atom stereocenters. The summed E-state index contributed by atoms with van der Waals surface area (Å²) in [5.74, 6) is 1.25. The van der Waals surface area contributed by atoms with Crippen molar-refractivity contribution in [1.29, 1.82) is 0 Å². The van der Waals surface area contributed by atoms with Crippen molar-refractivity contribution in [2.45, 2.75) is 59.5 Å². The van der Waals surface area contributed by atoms with E-state index in [-0.39, 0.29) is 0 Å². The Hall–Kier alpha value is -1.31. The summed E-state index contributed by atoms with van der Waals surface area (Å²) in [5.41, 5.74) is 1.39. The summed E-state index contributed by atoms with van der Waals surface area (Å²) in [4.78, 5) is 7.16. The molecule has 106 valence electrons. The van der Waals surface area contributed by atoms with Crippen LogP contribution >= 0.6 is 0 Å². The summed E-state index contributed by atoms with van der Waals surface area (Å²) in [6, 6.07) is 11.7. The van der Waals surface area contributed by atoms with Crippen molar-refractivity contribution in [2.75, 3.05) is 6.54 Å². The average molecular weight is 260 g/mol. The van der Waals surface area contributed by atoms with Crippen molar-refractivity contribution in [3.8, 4) is 0 Å². The monoisotopic (exact) mass is 260 g/mol. The lowest BCUT2D eigenvalue weighted by Gasteiger charge is -2.34. The molecule has 0 amide bonds. The summed E-state index contributed by atoms with van der Waals surface area (Å²) in [5, 5.41) is 0. The van der Waals surface area contributed by atoms with Crippen molar-refractivity contribution in [3.63, 3.8) is 0 Å². The van der Waals surface area contributed by atoms with Crippen LogP contribution in [0, 0.1) is 0 Å². The Morgan fingerprint density at radius 2 is 1.63 bits per heavy atom. The molecule has 0 aromatic heterocycles. The van der Waals surface area contributed by atoms with Crippen LogP contribution in [0.1, 0.15) is 46.6 Å². The fourth-order valence-corrected chi connectivity index (χ4v) is 2.57. The molecular formula is C17H28N2. The number of hydrogen-bond acceptors (Lipinski definition) is 1. The molecule has 0 fully saturated rings. The fourth-order valence-electron chi connectivity index (χ4n) is 2.57. The quantitative estimate of drug-likeness (QED) is 0.554. The van der Waals surface area contributed by atoms with E-state index in [0.29, 0.717) is 12.1 Å². The van der Waals surface area contributed by atoms with Crippen molar-refractivity contribution >= 4 is 5.84 Å². The molecule has 1 rings (SSSR count). The number of amidine groups is 1. The largest absolute Gasteiger partial charge is 0.356 e. The summed E-state index contributed by atoms with van der Waals surface area (Å²) in [7, 11) is 0. The van der Waals surface area contributed by atoms with Crippen molar-refractivity contribution in [1.82, 2.24) is 4.90 Å². The predicted molar refractivity (Wildman–Crippen MR) is 84.9 cm³/mol. The molecule has 2 heteroatoms. The van der Waals surface area contributed by atoms with E-state index in [1.165, 1.54) is 11.4 Å². The van der Waals surface area contributed by atoms with Crippen molar-refractivity contribution in [2.24, 2.45) is 4.99 Å². The Labute approximate surface area is 118 Å². The molecule has 1 aromatic carbocycles. The van der Waals surface area contributed by atoms with E-state index in [0.717, 1.165) is 19.4 Å². The Balaban J connectivity index is 2.75.